The van der Waals surface area contributed by atoms with E-state index in [-0.39, 0.29) is 11.8 Å². The number of aromatic nitrogens is 1. The molecule has 1 heterocycles. The number of pyridine rings is 1. The average molecular weight is 387 g/mol. The number of nitrogens with zero attached hydrogens (tertiary/aromatic N) is 1. The van der Waals surface area contributed by atoms with E-state index in [1.54, 1.807) is 49.8 Å². The van der Waals surface area contributed by atoms with E-state index in [1.807, 2.05) is 36.4 Å². The fraction of sp³-hybridized carbons (Fsp3) is 0.0870. The maximum Gasteiger partial charge on any atom is 0.251 e. The number of ether oxygens (including phenoxy) is 1. The number of carbonyl (C=O) groups is 2. The third-order valence-corrected chi connectivity index (χ3v) is 4.05. The molecule has 0 unspecified atom stereocenters. The first-order valence-electron chi connectivity index (χ1n) is 9.07. The summed E-state index contributed by atoms with van der Waals surface area (Å²) in [6, 6.07) is 18.0. The molecule has 0 aliphatic heterocycles. The number of hydrogen-bond donors (Lipinski definition) is 2. The molecule has 6 heteroatoms. The Morgan fingerprint density at radius 1 is 1.07 bits per heavy atom. The molecule has 2 N–H and O–H groups in total. The van der Waals surface area contributed by atoms with E-state index >= 15 is 0 Å². The molecule has 0 fully saturated rings. The number of nitrogens with one attached hydrogen (secondary N) is 2. The van der Waals surface area contributed by atoms with Gasteiger partial charge in [-0.2, -0.15) is 0 Å². The molecule has 0 atom stereocenters. The van der Waals surface area contributed by atoms with Crippen molar-refractivity contribution in [2.75, 3.05) is 12.4 Å². The topological polar surface area (TPSA) is 80.3 Å². The highest BCUT2D eigenvalue weighted by atomic mass is 16.5. The maximum absolute atomic E-state index is 12.1. The first-order chi connectivity index (χ1) is 14.1. The lowest BCUT2D eigenvalue weighted by Crippen LogP contribution is -2.18. The SMILES string of the molecule is CNC(=O)c1cccc(NC(=O)/C=C/c2ccc(OCc3cccnc3)cc2)c1. The lowest BCUT2D eigenvalue weighted by molar-refractivity contribution is -0.111. The van der Waals surface area contributed by atoms with Crippen molar-refractivity contribution in [2.45, 2.75) is 6.61 Å². The molecule has 2 aromatic carbocycles. The highest BCUT2D eigenvalue weighted by molar-refractivity contribution is 6.03. The highest BCUT2D eigenvalue weighted by Gasteiger charge is 2.05. The predicted molar refractivity (Wildman–Crippen MR) is 113 cm³/mol. The number of hydrogen-bond acceptors (Lipinski definition) is 4. The van der Waals surface area contributed by atoms with Crippen LogP contribution in [-0.2, 0) is 11.4 Å². The quantitative estimate of drug-likeness (QED) is 0.606. The molecule has 1 aromatic heterocycles. The molecule has 29 heavy (non-hydrogen) atoms. The van der Waals surface area contributed by atoms with Crippen LogP contribution in [0.4, 0.5) is 5.69 Å². The Bertz CT molecular complexity index is 999. The van der Waals surface area contributed by atoms with Gasteiger partial charge in [0.15, 0.2) is 0 Å². The van der Waals surface area contributed by atoms with Gasteiger partial charge >= 0.3 is 0 Å². The summed E-state index contributed by atoms with van der Waals surface area (Å²) in [6.45, 7) is 0.445. The van der Waals surface area contributed by atoms with Crippen LogP contribution in [0.25, 0.3) is 6.08 Å². The van der Waals surface area contributed by atoms with Crippen molar-refractivity contribution in [2.24, 2.45) is 0 Å². The Morgan fingerprint density at radius 2 is 1.90 bits per heavy atom. The van der Waals surface area contributed by atoms with Crippen LogP contribution in [0.1, 0.15) is 21.5 Å². The van der Waals surface area contributed by atoms with E-state index < -0.39 is 0 Å². The maximum atomic E-state index is 12.1. The number of rotatable bonds is 7. The zero-order chi connectivity index (χ0) is 20.5. The van der Waals surface area contributed by atoms with Gasteiger partial charge in [0.1, 0.15) is 12.4 Å². The second-order valence-electron chi connectivity index (χ2n) is 6.20. The van der Waals surface area contributed by atoms with Crippen LogP contribution < -0.4 is 15.4 Å². The van der Waals surface area contributed by atoms with Gasteiger partial charge in [-0.05, 0) is 48.0 Å². The van der Waals surface area contributed by atoms with E-state index in [2.05, 4.69) is 15.6 Å². The molecule has 0 bridgehead atoms. The smallest absolute Gasteiger partial charge is 0.251 e. The van der Waals surface area contributed by atoms with Crippen molar-refractivity contribution >= 4 is 23.6 Å². The Kier molecular flexibility index (Phi) is 6.73. The third kappa shape index (κ3) is 6.04. The highest BCUT2D eigenvalue weighted by Crippen LogP contribution is 2.15. The predicted octanol–water partition coefficient (Wildman–Crippen LogP) is 3.67. The molecule has 3 rings (SSSR count). The largest absolute Gasteiger partial charge is 0.489 e. The van der Waals surface area contributed by atoms with Crippen molar-refractivity contribution in [1.29, 1.82) is 0 Å². The van der Waals surface area contributed by atoms with E-state index in [0.717, 1.165) is 16.9 Å². The minimum absolute atomic E-state index is 0.206. The van der Waals surface area contributed by atoms with Crippen LogP contribution in [0, 0.1) is 0 Å². The van der Waals surface area contributed by atoms with Gasteiger partial charge in [0.05, 0.1) is 0 Å². The molecule has 3 aromatic rings. The van der Waals surface area contributed by atoms with Crippen molar-refractivity contribution in [3.63, 3.8) is 0 Å². The third-order valence-electron chi connectivity index (χ3n) is 4.05. The van der Waals surface area contributed by atoms with Crippen molar-refractivity contribution in [1.82, 2.24) is 10.3 Å². The first-order valence-corrected chi connectivity index (χ1v) is 9.07. The Morgan fingerprint density at radius 3 is 2.62 bits per heavy atom. The molecule has 146 valence electrons. The van der Waals surface area contributed by atoms with Gasteiger partial charge in [0.25, 0.3) is 5.91 Å². The molecule has 0 saturated carbocycles. The Hall–Kier alpha value is -3.93. The fourth-order valence-corrected chi connectivity index (χ4v) is 2.56. The number of carbonyl (C=O) groups excluding carboxylic acids is 2. The average Bonchev–Trinajstić information content (AvgIpc) is 2.77. The molecule has 6 nitrogen and oxygen atoms in total. The van der Waals surface area contributed by atoms with Crippen LogP contribution in [-0.4, -0.2) is 23.8 Å². The van der Waals surface area contributed by atoms with Gasteiger partial charge in [-0.15, -0.1) is 0 Å². The zero-order valence-corrected chi connectivity index (χ0v) is 16.0. The summed E-state index contributed by atoms with van der Waals surface area (Å²) < 4.78 is 5.72. The lowest BCUT2D eigenvalue weighted by Gasteiger charge is -2.06. The molecular formula is C23H21N3O3. The fourth-order valence-electron chi connectivity index (χ4n) is 2.56. The van der Waals surface area contributed by atoms with E-state index in [9.17, 15) is 9.59 Å². The number of anilines is 1. The van der Waals surface area contributed by atoms with Gasteiger partial charge in [-0.3, -0.25) is 14.6 Å². The van der Waals surface area contributed by atoms with Crippen LogP contribution in [0.3, 0.4) is 0 Å². The summed E-state index contributed by atoms with van der Waals surface area (Å²) in [4.78, 5) is 27.9. The Balaban J connectivity index is 1.54. The monoisotopic (exact) mass is 387 g/mol. The number of benzene rings is 2. The minimum Gasteiger partial charge on any atom is -0.489 e. The van der Waals surface area contributed by atoms with Gasteiger partial charge < -0.3 is 15.4 Å². The first kappa shape index (κ1) is 19.8. The van der Waals surface area contributed by atoms with Gasteiger partial charge in [-0.25, -0.2) is 0 Å². The normalized spacial score (nSPS) is 10.5. The molecule has 0 radical (unpaired) electrons. The van der Waals surface area contributed by atoms with Gasteiger partial charge in [0, 0.05) is 42.3 Å². The van der Waals surface area contributed by atoms with Crippen LogP contribution >= 0.6 is 0 Å². The zero-order valence-electron chi connectivity index (χ0n) is 16.0. The molecule has 0 spiro atoms. The Labute approximate surface area is 169 Å². The van der Waals surface area contributed by atoms with Gasteiger partial charge in [0.2, 0.25) is 5.91 Å². The second-order valence-corrected chi connectivity index (χ2v) is 6.20. The van der Waals surface area contributed by atoms with E-state index in [1.165, 1.54) is 6.08 Å². The summed E-state index contributed by atoms with van der Waals surface area (Å²) in [6.07, 6.45) is 6.64. The van der Waals surface area contributed by atoms with E-state index in [0.29, 0.717) is 17.9 Å². The summed E-state index contributed by atoms with van der Waals surface area (Å²) >= 11 is 0. The summed E-state index contributed by atoms with van der Waals surface area (Å²) in [5.41, 5.74) is 2.90. The van der Waals surface area contributed by atoms with Crippen LogP contribution in [0.15, 0.2) is 79.1 Å². The molecule has 2 amide bonds. The molecule has 0 aliphatic rings. The van der Waals surface area contributed by atoms with Crippen LogP contribution in [0.2, 0.25) is 0 Å². The van der Waals surface area contributed by atoms with Crippen molar-refractivity contribution < 1.29 is 14.3 Å². The second kappa shape index (κ2) is 9.85. The molecule has 0 saturated heterocycles. The lowest BCUT2D eigenvalue weighted by atomic mass is 10.2. The number of amides is 2. The molecular weight excluding hydrogens is 366 g/mol. The standard InChI is InChI=1S/C23H21N3O3/c1-24-23(28)19-5-2-6-20(14-19)26-22(27)12-9-17-7-10-21(11-8-17)29-16-18-4-3-13-25-15-18/h2-15H,16H2,1H3,(H,24,28)(H,26,27)/b12-9+. The van der Waals surface area contributed by atoms with Gasteiger partial charge in [-0.1, -0.05) is 24.3 Å². The van der Waals surface area contributed by atoms with E-state index in [4.69, 9.17) is 4.74 Å². The van der Waals surface area contributed by atoms with Crippen molar-refractivity contribution in [3.05, 3.63) is 95.8 Å². The van der Waals surface area contributed by atoms with Crippen molar-refractivity contribution in [3.8, 4) is 5.75 Å². The van der Waals surface area contributed by atoms with Crippen LogP contribution in [0.5, 0.6) is 5.75 Å². The molecule has 0 aliphatic carbocycles. The summed E-state index contributed by atoms with van der Waals surface area (Å²) in [7, 11) is 1.56. The summed E-state index contributed by atoms with van der Waals surface area (Å²) in [5.74, 6) is 0.250. The minimum atomic E-state index is -0.282. The summed E-state index contributed by atoms with van der Waals surface area (Å²) in [5, 5.41) is 5.30.